The largest absolute Gasteiger partial charge is 0.481 e. The molecule has 0 atom stereocenters. The molecule has 29 heavy (non-hydrogen) atoms. The predicted molar refractivity (Wildman–Crippen MR) is 114 cm³/mol. The molecule has 0 rings (SSSR count). The van der Waals surface area contributed by atoms with E-state index in [0.717, 1.165) is 32.1 Å². The van der Waals surface area contributed by atoms with Crippen molar-refractivity contribution < 1.29 is 29.3 Å². The van der Waals surface area contributed by atoms with Gasteiger partial charge < -0.3 is 14.9 Å². The number of carbonyl (C=O) groups excluding carboxylic acids is 1. The molecule has 0 saturated carbocycles. The molecule has 0 spiro atoms. The quantitative estimate of drug-likeness (QED) is 0.147. The highest BCUT2D eigenvalue weighted by Crippen LogP contribution is 2.12. The van der Waals surface area contributed by atoms with Crippen molar-refractivity contribution in [1.82, 2.24) is 0 Å². The maximum absolute atomic E-state index is 11.7. The Kier molecular flexibility index (Phi) is 18.2. The van der Waals surface area contributed by atoms with E-state index in [1.165, 1.54) is 44.9 Å². The summed E-state index contributed by atoms with van der Waals surface area (Å²) < 4.78 is 4.98. The van der Waals surface area contributed by atoms with Crippen LogP contribution in [0.4, 0.5) is 0 Å². The number of carboxylic acids is 2. The van der Waals surface area contributed by atoms with Gasteiger partial charge in [0.05, 0.1) is 12.8 Å². The standard InChI is InChI=1S/C23H40O6/c1-2-3-4-5-6-7-8-9-10-11-12-13-14-15-16-17-23(28)29-20(18-21(24)25)19-22(26)27/h9-10,20H,2-8,11-19H2,1H3,(H,24,25)(H,26,27). The number of carbonyl (C=O) groups is 3. The minimum atomic E-state index is -1.18. The van der Waals surface area contributed by atoms with Crippen LogP contribution in [0.2, 0.25) is 0 Å². The first-order valence-electron chi connectivity index (χ1n) is 11.2. The van der Waals surface area contributed by atoms with E-state index >= 15 is 0 Å². The summed E-state index contributed by atoms with van der Waals surface area (Å²) in [5.41, 5.74) is 0. The lowest BCUT2D eigenvalue weighted by Gasteiger charge is -2.14. The normalized spacial score (nSPS) is 11.2. The van der Waals surface area contributed by atoms with Gasteiger partial charge in [-0.05, 0) is 32.1 Å². The molecule has 0 aromatic heterocycles. The fourth-order valence-corrected chi connectivity index (χ4v) is 3.13. The summed E-state index contributed by atoms with van der Waals surface area (Å²) in [7, 11) is 0. The summed E-state index contributed by atoms with van der Waals surface area (Å²) in [6, 6.07) is 0. The Morgan fingerprint density at radius 1 is 0.724 bits per heavy atom. The number of ether oxygens (including phenoxy) is 1. The van der Waals surface area contributed by atoms with Crippen LogP contribution in [0.3, 0.4) is 0 Å². The Morgan fingerprint density at radius 3 is 1.66 bits per heavy atom. The van der Waals surface area contributed by atoms with E-state index in [4.69, 9.17) is 14.9 Å². The molecule has 0 radical (unpaired) electrons. The molecule has 0 aliphatic rings. The highest BCUT2D eigenvalue weighted by molar-refractivity contribution is 5.74. The Bertz CT molecular complexity index is 456. The van der Waals surface area contributed by atoms with E-state index in [0.29, 0.717) is 6.42 Å². The van der Waals surface area contributed by atoms with E-state index in [1.807, 2.05) is 0 Å². The number of unbranched alkanes of at least 4 members (excludes halogenated alkanes) is 11. The maximum Gasteiger partial charge on any atom is 0.307 e. The average Bonchev–Trinajstić information content (AvgIpc) is 2.63. The van der Waals surface area contributed by atoms with Crippen molar-refractivity contribution in [3.63, 3.8) is 0 Å². The number of allylic oxidation sites excluding steroid dienone is 2. The van der Waals surface area contributed by atoms with Crippen LogP contribution in [-0.4, -0.2) is 34.2 Å². The predicted octanol–water partition coefficient (Wildman–Crippen LogP) is 5.89. The summed E-state index contributed by atoms with van der Waals surface area (Å²) in [6.07, 6.45) is 17.9. The highest BCUT2D eigenvalue weighted by atomic mass is 16.5. The van der Waals surface area contributed by atoms with Gasteiger partial charge in [0.25, 0.3) is 0 Å². The third-order valence-electron chi connectivity index (χ3n) is 4.75. The third kappa shape index (κ3) is 20.7. The molecule has 0 bridgehead atoms. The van der Waals surface area contributed by atoms with Crippen molar-refractivity contribution in [2.24, 2.45) is 0 Å². The van der Waals surface area contributed by atoms with Gasteiger partial charge in [0.15, 0.2) is 0 Å². The number of rotatable bonds is 20. The van der Waals surface area contributed by atoms with Crippen molar-refractivity contribution in [1.29, 1.82) is 0 Å². The van der Waals surface area contributed by atoms with Crippen molar-refractivity contribution >= 4 is 17.9 Å². The lowest BCUT2D eigenvalue weighted by Crippen LogP contribution is -2.24. The van der Waals surface area contributed by atoms with Gasteiger partial charge >= 0.3 is 17.9 Å². The van der Waals surface area contributed by atoms with Crippen molar-refractivity contribution in [3.8, 4) is 0 Å². The second-order valence-electron chi connectivity index (χ2n) is 7.64. The van der Waals surface area contributed by atoms with Gasteiger partial charge in [-0.15, -0.1) is 0 Å². The zero-order valence-electron chi connectivity index (χ0n) is 18.1. The van der Waals surface area contributed by atoms with Crippen molar-refractivity contribution in [2.45, 2.75) is 116 Å². The van der Waals surface area contributed by atoms with E-state index < -0.39 is 36.9 Å². The van der Waals surface area contributed by atoms with Crippen LogP contribution in [0.15, 0.2) is 12.2 Å². The molecule has 6 heteroatoms. The molecule has 0 heterocycles. The van der Waals surface area contributed by atoms with E-state index in [-0.39, 0.29) is 6.42 Å². The molecular weight excluding hydrogens is 372 g/mol. The van der Waals surface area contributed by atoms with Gasteiger partial charge in [-0.25, -0.2) is 0 Å². The molecule has 2 N–H and O–H groups in total. The minimum absolute atomic E-state index is 0.202. The molecule has 0 unspecified atom stereocenters. The molecule has 6 nitrogen and oxygen atoms in total. The summed E-state index contributed by atoms with van der Waals surface area (Å²) >= 11 is 0. The molecular formula is C23H40O6. The van der Waals surface area contributed by atoms with Gasteiger partial charge in [0.1, 0.15) is 6.10 Å². The van der Waals surface area contributed by atoms with Gasteiger partial charge in [0, 0.05) is 6.42 Å². The number of esters is 1. The van der Waals surface area contributed by atoms with Crippen molar-refractivity contribution in [2.75, 3.05) is 0 Å². The smallest absolute Gasteiger partial charge is 0.307 e. The van der Waals surface area contributed by atoms with Gasteiger partial charge in [0.2, 0.25) is 0 Å². The first kappa shape index (κ1) is 27.1. The van der Waals surface area contributed by atoms with Gasteiger partial charge in [-0.3, -0.25) is 14.4 Å². The minimum Gasteiger partial charge on any atom is -0.481 e. The highest BCUT2D eigenvalue weighted by Gasteiger charge is 2.20. The molecule has 0 saturated heterocycles. The Hall–Kier alpha value is -1.85. The summed E-state index contributed by atoms with van der Waals surface area (Å²) in [6.45, 7) is 2.24. The van der Waals surface area contributed by atoms with Gasteiger partial charge in [-0.1, -0.05) is 70.4 Å². The van der Waals surface area contributed by atoms with Crippen LogP contribution < -0.4 is 0 Å². The fraction of sp³-hybridized carbons (Fsp3) is 0.783. The monoisotopic (exact) mass is 412 g/mol. The maximum atomic E-state index is 11.7. The van der Waals surface area contributed by atoms with Crippen LogP contribution in [0.5, 0.6) is 0 Å². The summed E-state index contributed by atoms with van der Waals surface area (Å²) in [5.74, 6) is -2.87. The molecule has 0 aliphatic heterocycles. The SMILES string of the molecule is CCCCCCCCC=CCCCCCCCC(=O)OC(CC(=O)O)CC(=O)O. The summed E-state index contributed by atoms with van der Waals surface area (Å²) in [4.78, 5) is 33.1. The van der Waals surface area contributed by atoms with E-state index in [1.54, 1.807) is 0 Å². The second-order valence-corrected chi connectivity index (χ2v) is 7.64. The van der Waals surface area contributed by atoms with Crippen LogP contribution in [0.25, 0.3) is 0 Å². The number of carboxylic acid groups (broad SMARTS) is 2. The topological polar surface area (TPSA) is 101 Å². The van der Waals surface area contributed by atoms with Gasteiger partial charge in [-0.2, -0.15) is 0 Å². The Balaban J connectivity index is 3.56. The molecule has 0 aromatic rings. The third-order valence-corrected chi connectivity index (χ3v) is 4.75. The lowest BCUT2D eigenvalue weighted by molar-refractivity contribution is -0.156. The average molecular weight is 413 g/mol. The molecule has 0 fully saturated rings. The van der Waals surface area contributed by atoms with Crippen LogP contribution in [-0.2, 0) is 19.1 Å². The zero-order chi connectivity index (χ0) is 21.7. The first-order chi connectivity index (χ1) is 14.0. The molecule has 0 aliphatic carbocycles. The zero-order valence-corrected chi connectivity index (χ0v) is 18.1. The van der Waals surface area contributed by atoms with E-state index in [9.17, 15) is 14.4 Å². The lowest BCUT2D eigenvalue weighted by atomic mass is 10.1. The second kappa shape index (κ2) is 19.5. The molecule has 0 amide bonds. The Morgan fingerprint density at radius 2 is 1.17 bits per heavy atom. The number of hydrogen-bond donors (Lipinski definition) is 2. The molecule has 168 valence electrons. The Labute approximate surface area is 175 Å². The molecule has 0 aromatic carbocycles. The van der Waals surface area contributed by atoms with E-state index in [2.05, 4.69) is 19.1 Å². The number of aliphatic carboxylic acids is 2. The van der Waals surface area contributed by atoms with Crippen LogP contribution in [0.1, 0.15) is 110 Å². The van der Waals surface area contributed by atoms with Crippen LogP contribution in [0, 0.1) is 0 Å². The number of hydrogen-bond acceptors (Lipinski definition) is 4. The van der Waals surface area contributed by atoms with Crippen LogP contribution >= 0.6 is 0 Å². The fourth-order valence-electron chi connectivity index (χ4n) is 3.13. The first-order valence-corrected chi connectivity index (χ1v) is 11.2. The van der Waals surface area contributed by atoms with Crippen molar-refractivity contribution in [3.05, 3.63) is 12.2 Å². The summed E-state index contributed by atoms with van der Waals surface area (Å²) in [5, 5.41) is 17.5.